The second-order valence-electron chi connectivity index (χ2n) is 4.64. The van der Waals surface area contributed by atoms with Crippen molar-refractivity contribution in [1.29, 1.82) is 0 Å². The third kappa shape index (κ3) is 13.1. The summed E-state index contributed by atoms with van der Waals surface area (Å²) in [5, 5.41) is 8.72. The summed E-state index contributed by atoms with van der Waals surface area (Å²) in [5.74, 6) is 0. The summed E-state index contributed by atoms with van der Waals surface area (Å²) in [7, 11) is 0. The maximum atomic E-state index is 8.72. The fourth-order valence-electron chi connectivity index (χ4n) is 1.49. The molecule has 3 N–H and O–H groups in total. The van der Waals surface area contributed by atoms with Crippen LogP contribution < -0.4 is 0 Å². The Morgan fingerprint density at radius 1 is 0.824 bits per heavy atom. The highest BCUT2D eigenvalue weighted by Gasteiger charge is 1.91. The molecule has 0 aliphatic carbocycles. The van der Waals surface area contributed by atoms with Gasteiger partial charge in [0.2, 0.25) is 0 Å². The van der Waals surface area contributed by atoms with Crippen LogP contribution in [0.15, 0.2) is 34.9 Å². The SMILES string of the molecule is CC(C)=CCC/C(C)=C\CC/C(C)=C/CO.O. The Hall–Kier alpha value is -0.860. The predicted octanol–water partition coefficient (Wildman–Crippen LogP) is 3.57. The normalized spacial score (nSPS) is 12.1. The van der Waals surface area contributed by atoms with Crippen LogP contribution in [0.4, 0.5) is 0 Å². The van der Waals surface area contributed by atoms with Gasteiger partial charge >= 0.3 is 0 Å². The molecule has 0 saturated carbocycles. The van der Waals surface area contributed by atoms with Crippen molar-refractivity contribution in [3.8, 4) is 0 Å². The van der Waals surface area contributed by atoms with Crippen LogP contribution in [0.3, 0.4) is 0 Å². The summed E-state index contributed by atoms with van der Waals surface area (Å²) in [6, 6.07) is 0. The molecule has 0 heterocycles. The number of hydrogen-bond donors (Lipinski definition) is 1. The lowest BCUT2D eigenvalue weighted by Gasteiger charge is -2.00. The van der Waals surface area contributed by atoms with E-state index in [1.165, 1.54) is 16.7 Å². The van der Waals surface area contributed by atoms with E-state index in [9.17, 15) is 0 Å². The predicted molar refractivity (Wildman–Crippen MR) is 76.1 cm³/mol. The Balaban J connectivity index is 0. The second kappa shape index (κ2) is 11.6. The fourth-order valence-corrected chi connectivity index (χ4v) is 1.49. The molecule has 0 aromatic carbocycles. The quantitative estimate of drug-likeness (QED) is 0.679. The van der Waals surface area contributed by atoms with E-state index < -0.39 is 0 Å². The minimum atomic E-state index is 0. The number of aliphatic hydroxyl groups excluding tert-OH is 1. The zero-order valence-corrected chi connectivity index (χ0v) is 11.7. The average Bonchev–Trinajstić information content (AvgIpc) is 2.17. The van der Waals surface area contributed by atoms with Crippen LogP contribution in [0.2, 0.25) is 0 Å². The van der Waals surface area contributed by atoms with E-state index in [0.717, 1.165) is 25.7 Å². The summed E-state index contributed by atoms with van der Waals surface area (Å²) in [4.78, 5) is 0. The largest absolute Gasteiger partial charge is 0.412 e. The fraction of sp³-hybridized carbons (Fsp3) is 0.600. The number of aliphatic hydroxyl groups is 1. The first-order valence-electron chi connectivity index (χ1n) is 6.11. The Morgan fingerprint density at radius 3 is 1.76 bits per heavy atom. The van der Waals surface area contributed by atoms with Crippen LogP contribution >= 0.6 is 0 Å². The molecule has 0 aliphatic heterocycles. The molecule has 0 unspecified atom stereocenters. The van der Waals surface area contributed by atoms with Gasteiger partial charge in [-0.3, -0.25) is 0 Å². The van der Waals surface area contributed by atoms with E-state index in [1.54, 1.807) is 0 Å². The smallest absolute Gasteiger partial charge is 0.0614 e. The van der Waals surface area contributed by atoms with Gasteiger partial charge in [-0.25, -0.2) is 0 Å². The summed E-state index contributed by atoms with van der Waals surface area (Å²) < 4.78 is 0. The monoisotopic (exact) mass is 240 g/mol. The van der Waals surface area contributed by atoms with Crippen LogP contribution in [0.25, 0.3) is 0 Å². The molecule has 0 fully saturated rings. The van der Waals surface area contributed by atoms with Crippen molar-refractivity contribution < 1.29 is 10.6 Å². The number of rotatable bonds is 7. The molecule has 0 radical (unpaired) electrons. The molecular formula is C15H28O2. The molecule has 0 amide bonds. The van der Waals surface area contributed by atoms with Gasteiger partial charge in [0.15, 0.2) is 0 Å². The lowest BCUT2D eigenvalue weighted by molar-refractivity contribution is 0.341. The zero-order chi connectivity index (χ0) is 12.4. The van der Waals surface area contributed by atoms with E-state index in [0.29, 0.717) is 0 Å². The lowest BCUT2D eigenvalue weighted by Crippen LogP contribution is -1.82. The minimum absolute atomic E-state index is 0. The van der Waals surface area contributed by atoms with Gasteiger partial charge in [0.25, 0.3) is 0 Å². The van der Waals surface area contributed by atoms with Gasteiger partial charge in [-0.2, -0.15) is 0 Å². The molecule has 17 heavy (non-hydrogen) atoms. The standard InChI is InChI=1S/C15H26O.H2O/c1-13(2)7-5-8-14(3)9-6-10-15(4)11-12-16;/h7,9,11,16H,5-6,8,10,12H2,1-4H3;1H2/b14-9-,15-11+;. The molecule has 0 aromatic heterocycles. The van der Waals surface area contributed by atoms with Crippen molar-refractivity contribution in [3.63, 3.8) is 0 Å². The molecular weight excluding hydrogens is 212 g/mol. The summed E-state index contributed by atoms with van der Waals surface area (Å²) >= 11 is 0. The lowest BCUT2D eigenvalue weighted by atomic mass is 10.1. The minimum Gasteiger partial charge on any atom is -0.412 e. The van der Waals surface area contributed by atoms with Crippen molar-refractivity contribution in [1.82, 2.24) is 0 Å². The van der Waals surface area contributed by atoms with E-state index in [-0.39, 0.29) is 12.1 Å². The molecule has 0 bridgehead atoms. The Morgan fingerprint density at radius 2 is 1.29 bits per heavy atom. The van der Waals surface area contributed by atoms with Crippen molar-refractivity contribution in [2.75, 3.05) is 6.61 Å². The highest BCUT2D eigenvalue weighted by atomic mass is 16.2. The van der Waals surface area contributed by atoms with Gasteiger partial charge in [-0.15, -0.1) is 0 Å². The van der Waals surface area contributed by atoms with Crippen LogP contribution in [-0.4, -0.2) is 17.2 Å². The maximum Gasteiger partial charge on any atom is 0.0614 e. The maximum absolute atomic E-state index is 8.72. The molecule has 0 spiro atoms. The topological polar surface area (TPSA) is 51.7 Å². The summed E-state index contributed by atoms with van der Waals surface area (Å²) in [5.41, 5.74) is 4.14. The summed E-state index contributed by atoms with van der Waals surface area (Å²) in [6.07, 6.45) is 10.9. The third-order valence-corrected chi connectivity index (χ3v) is 2.56. The molecule has 0 saturated heterocycles. The van der Waals surface area contributed by atoms with Gasteiger partial charge in [-0.05, 0) is 53.4 Å². The number of allylic oxidation sites excluding steroid dienone is 5. The van der Waals surface area contributed by atoms with Crippen LogP contribution in [0.1, 0.15) is 53.4 Å². The number of hydrogen-bond acceptors (Lipinski definition) is 1. The third-order valence-electron chi connectivity index (χ3n) is 2.56. The van der Waals surface area contributed by atoms with E-state index in [4.69, 9.17) is 5.11 Å². The Labute approximate surface area is 106 Å². The van der Waals surface area contributed by atoms with Crippen molar-refractivity contribution in [2.24, 2.45) is 0 Å². The summed E-state index contributed by atoms with van der Waals surface area (Å²) in [6.45, 7) is 8.71. The average molecular weight is 240 g/mol. The van der Waals surface area contributed by atoms with E-state index >= 15 is 0 Å². The Bertz CT molecular complexity index is 269. The molecule has 0 atom stereocenters. The second-order valence-corrected chi connectivity index (χ2v) is 4.64. The van der Waals surface area contributed by atoms with Crippen LogP contribution in [-0.2, 0) is 0 Å². The molecule has 2 heteroatoms. The van der Waals surface area contributed by atoms with E-state index in [2.05, 4.69) is 39.8 Å². The van der Waals surface area contributed by atoms with Crippen molar-refractivity contribution >= 4 is 0 Å². The molecule has 100 valence electrons. The van der Waals surface area contributed by atoms with Gasteiger partial charge in [0.05, 0.1) is 6.61 Å². The van der Waals surface area contributed by atoms with Crippen molar-refractivity contribution in [3.05, 3.63) is 34.9 Å². The van der Waals surface area contributed by atoms with E-state index in [1.807, 2.05) is 6.08 Å². The van der Waals surface area contributed by atoms with Gasteiger partial charge in [0.1, 0.15) is 0 Å². The van der Waals surface area contributed by atoms with Crippen molar-refractivity contribution in [2.45, 2.75) is 53.4 Å². The first kappa shape index (κ1) is 18.5. The van der Waals surface area contributed by atoms with Gasteiger partial charge < -0.3 is 10.6 Å². The van der Waals surface area contributed by atoms with Gasteiger partial charge in [0, 0.05) is 0 Å². The first-order chi connectivity index (χ1) is 7.56. The molecule has 2 nitrogen and oxygen atoms in total. The molecule has 0 rings (SSSR count). The van der Waals surface area contributed by atoms with Crippen LogP contribution in [0.5, 0.6) is 0 Å². The Kier molecular flexibility index (Phi) is 12.6. The van der Waals surface area contributed by atoms with Crippen LogP contribution in [0, 0.1) is 0 Å². The van der Waals surface area contributed by atoms with Gasteiger partial charge in [-0.1, -0.05) is 34.9 Å². The first-order valence-corrected chi connectivity index (χ1v) is 6.11. The highest BCUT2D eigenvalue weighted by molar-refractivity contribution is 5.05. The highest BCUT2D eigenvalue weighted by Crippen LogP contribution is 2.10. The molecule has 0 aromatic rings. The molecule has 0 aliphatic rings. The zero-order valence-electron chi connectivity index (χ0n) is 11.7.